The Morgan fingerprint density at radius 2 is 2.00 bits per heavy atom. The number of halogens is 1. The van der Waals surface area contributed by atoms with Crippen LogP contribution in [0.1, 0.15) is 39.0 Å². The number of hydrogen-bond acceptors (Lipinski definition) is 1. The Hall–Kier alpha value is -0.800. The number of anilines is 1. The fourth-order valence-corrected chi connectivity index (χ4v) is 3.09. The number of rotatable bonds is 3. The highest BCUT2D eigenvalue weighted by atomic mass is 35.5. The van der Waals surface area contributed by atoms with Crippen LogP contribution in [0.15, 0.2) is 24.3 Å². The van der Waals surface area contributed by atoms with Crippen molar-refractivity contribution < 1.29 is 0 Å². The van der Waals surface area contributed by atoms with Gasteiger partial charge in [0.2, 0.25) is 0 Å². The molecule has 1 saturated carbocycles. The third-order valence-electron chi connectivity index (χ3n) is 3.74. The Bertz CT molecular complexity index is 428. The summed E-state index contributed by atoms with van der Waals surface area (Å²) in [6.07, 6.45) is 6.09. The SMILES string of the molecule is CCC1(NC(=S)Nc2ccccc2Cl)CCCC1. The summed E-state index contributed by atoms with van der Waals surface area (Å²) < 4.78 is 0. The normalized spacial score (nSPS) is 17.4. The predicted octanol–water partition coefficient (Wildman–Crippen LogP) is 4.35. The Kier molecular flexibility index (Phi) is 4.46. The van der Waals surface area contributed by atoms with E-state index in [4.69, 9.17) is 23.8 Å². The topological polar surface area (TPSA) is 24.1 Å². The maximum absolute atomic E-state index is 6.10. The van der Waals surface area contributed by atoms with E-state index in [-0.39, 0.29) is 5.54 Å². The molecule has 0 saturated heterocycles. The van der Waals surface area contributed by atoms with E-state index in [2.05, 4.69) is 17.6 Å². The second kappa shape index (κ2) is 5.89. The average Bonchev–Trinajstić information content (AvgIpc) is 2.81. The van der Waals surface area contributed by atoms with E-state index < -0.39 is 0 Å². The smallest absolute Gasteiger partial charge is 0.171 e. The lowest BCUT2D eigenvalue weighted by Gasteiger charge is -2.30. The first-order valence-corrected chi connectivity index (χ1v) is 7.27. The van der Waals surface area contributed by atoms with E-state index in [1.165, 1.54) is 25.7 Å². The number of benzene rings is 1. The molecule has 0 spiro atoms. The molecule has 0 aromatic heterocycles. The third-order valence-corrected chi connectivity index (χ3v) is 4.27. The van der Waals surface area contributed by atoms with Gasteiger partial charge in [0.15, 0.2) is 5.11 Å². The molecule has 1 aromatic carbocycles. The summed E-state index contributed by atoms with van der Waals surface area (Å²) in [5, 5.41) is 8.03. The van der Waals surface area contributed by atoms with E-state index in [1.54, 1.807) is 0 Å². The average molecular weight is 283 g/mol. The molecule has 1 aliphatic rings. The van der Waals surface area contributed by atoms with Crippen molar-refractivity contribution in [1.82, 2.24) is 5.32 Å². The van der Waals surface area contributed by atoms with E-state index in [0.29, 0.717) is 10.1 Å². The minimum Gasteiger partial charge on any atom is -0.357 e. The van der Waals surface area contributed by atoms with Crippen LogP contribution in [0.5, 0.6) is 0 Å². The van der Waals surface area contributed by atoms with Crippen LogP contribution >= 0.6 is 23.8 Å². The van der Waals surface area contributed by atoms with Crippen molar-refractivity contribution in [1.29, 1.82) is 0 Å². The highest BCUT2D eigenvalue weighted by Crippen LogP contribution is 2.32. The molecule has 1 aromatic rings. The predicted molar refractivity (Wildman–Crippen MR) is 82.3 cm³/mol. The van der Waals surface area contributed by atoms with Gasteiger partial charge in [0.25, 0.3) is 0 Å². The Balaban J connectivity index is 1.98. The molecule has 0 bridgehead atoms. The molecule has 18 heavy (non-hydrogen) atoms. The molecule has 0 unspecified atom stereocenters. The molecule has 2 nitrogen and oxygen atoms in total. The zero-order chi connectivity index (χ0) is 13.0. The summed E-state index contributed by atoms with van der Waals surface area (Å²) in [6.45, 7) is 2.22. The quantitative estimate of drug-likeness (QED) is 0.806. The van der Waals surface area contributed by atoms with Crippen molar-refractivity contribution in [3.8, 4) is 0 Å². The Morgan fingerprint density at radius 3 is 2.61 bits per heavy atom. The van der Waals surface area contributed by atoms with Crippen LogP contribution in [-0.4, -0.2) is 10.7 Å². The molecular weight excluding hydrogens is 264 g/mol. The summed E-state index contributed by atoms with van der Waals surface area (Å²) in [6, 6.07) is 7.65. The van der Waals surface area contributed by atoms with Crippen molar-refractivity contribution in [2.45, 2.75) is 44.6 Å². The fourth-order valence-electron chi connectivity index (χ4n) is 2.58. The second-order valence-corrected chi connectivity index (χ2v) is 5.72. The molecule has 1 aliphatic carbocycles. The molecule has 98 valence electrons. The highest BCUT2D eigenvalue weighted by Gasteiger charge is 2.32. The maximum atomic E-state index is 6.10. The van der Waals surface area contributed by atoms with E-state index in [0.717, 1.165) is 12.1 Å². The first-order chi connectivity index (χ1) is 8.65. The largest absolute Gasteiger partial charge is 0.357 e. The van der Waals surface area contributed by atoms with Crippen molar-refractivity contribution in [3.63, 3.8) is 0 Å². The summed E-state index contributed by atoms with van der Waals surface area (Å²) >= 11 is 11.5. The minimum atomic E-state index is 0.186. The Morgan fingerprint density at radius 1 is 1.33 bits per heavy atom. The number of nitrogens with one attached hydrogen (secondary N) is 2. The van der Waals surface area contributed by atoms with Gasteiger partial charge in [-0.3, -0.25) is 0 Å². The molecule has 0 aliphatic heterocycles. The first-order valence-electron chi connectivity index (χ1n) is 6.49. The zero-order valence-electron chi connectivity index (χ0n) is 10.6. The van der Waals surface area contributed by atoms with E-state index in [1.807, 2.05) is 24.3 Å². The monoisotopic (exact) mass is 282 g/mol. The van der Waals surface area contributed by atoms with Gasteiger partial charge in [-0.25, -0.2) is 0 Å². The van der Waals surface area contributed by atoms with Gasteiger partial charge >= 0.3 is 0 Å². The van der Waals surface area contributed by atoms with Crippen molar-refractivity contribution >= 4 is 34.6 Å². The summed E-state index contributed by atoms with van der Waals surface area (Å²) in [5.74, 6) is 0. The number of thiocarbonyl (C=S) groups is 1. The van der Waals surface area contributed by atoms with Gasteiger partial charge in [0, 0.05) is 5.54 Å². The van der Waals surface area contributed by atoms with Gasteiger partial charge < -0.3 is 10.6 Å². The second-order valence-electron chi connectivity index (χ2n) is 4.90. The van der Waals surface area contributed by atoms with Crippen LogP contribution in [0.4, 0.5) is 5.69 Å². The van der Waals surface area contributed by atoms with Gasteiger partial charge in [-0.2, -0.15) is 0 Å². The van der Waals surface area contributed by atoms with Gasteiger partial charge in [0.1, 0.15) is 0 Å². The molecule has 2 rings (SSSR count). The molecular formula is C14H19ClN2S. The molecule has 0 amide bonds. The van der Waals surface area contributed by atoms with E-state index >= 15 is 0 Å². The third kappa shape index (κ3) is 3.15. The number of hydrogen-bond donors (Lipinski definition) is 2. The molecule has 1 fully saturated rings. The lowest BCUT2D eigenvalue weighted by molar-refractivity contribution is 0.378. The van der Waals surface area contributed by atoms with Crippen molar-refractivity contribution in [2.75, 3.05) is 5.32 Å². The van der Waals surface area contributed by atoms with Crippen LogP contribution in [0.3, 0.4) is 0 Å². The van der Waals surface area contributed by atoms with Gasteiger partial charge in [-0.15, -0.1) is 0 Å². The zero-order valence-corrected chi connectivity index (χ0v) is 12.2. The minimum absolute atomic E-state index is 0.186. The van der Waals surface area contributed by atoms with Gasteiger partial charge in [0.05, 0.1) is 10.7 Å². The van der Waals surface area contributed by atoms with Crippen LogP contribution in [0, 0.1) is 0 Å². The summed E-state index contributed by atoms with van der Waals surface area (Å²) in [4.78, 5) is 0. The summed E-state index contributed by atoms with van der Waals surface area (Å²) in [7, 11) is 0. The van der Waals surface area contributed by atoms with Crippen LogP contribution in [-0.2, 0) is 0 Å². The van der Waals surface area contributed by atoms with E-state index in [9.17, 15) is 0 Å². The van der Waals surface area contributed by atoms with Crippen LogP contribution in [0.25, 0.3) is 0 Å². The fraction of sp³-hybridized carbons (Fsp3) is 0.500. The lowest BCUT2D eigenvalue weighted by atomic mass is 9.95. The maximum Gasteiger partial charge on any atom is 0.171 e. The molecule has 0 atom stereocenters. The lowest BCUT2D eigenvalue weighted by Crippen LogP contribution is -2.47. The van der Waals surface area contributed by atoms with Crippen molar-refractivity contribution in [2.24, 2.45) is 0 Å². The molecule has 0 heterocycles. The van der Waals surface area contributed by atoms with Crippen molar-refractivity contribution in [3.05, 3.63) is 29.3 Å². The van der Waals surface area contributed by atoms with Gasteiger partial charge in [-0.1, -0.05) is 43.5 Å². The van der Waals surface area contributed by atoms with Crippen LogP contribution in [0.2, 0.25) is 5.02 Å². The summed E-state index contributed by atoms with van der Waals surface area (Å²) in [5.41, 5.74) is 1.05. The highest BCUT2D eigenvalue weighted by molar-refractivity contribution is 7.80. The standard InChI is InChI=1S/C14H19ClN2S/c1-2-14(9-5-6-10-14)17-13(18)16-12-8-4-3-7-11(12)15/h3-4,7-8H,2,5-6,9-10H2,1H3,(H2,16,17,18). The first kappa shape index (κ1) is 13.6. The molecule has 2 N–H and O–H groups in total. The molecule has 0 radical (unpaired) electrons. The molecule has 4 heteroatoms. The van der Waals surface area contributed by atoms with Crippen LogP contribution < -0.4 is 10.6 Å². The Labute approximate surface area is 119 Å². The van der Waals surface area contributed by atoms with Gasteiger partial charge in [-0.05, 0) is 43.6 Å². The number of para-hydroxylation sites is 1.